The number of hydrogen-bond acceptors (Lipinski definition) is 3. The van der Waals surface area contributed by atoms with E-state index in [1.165, 1.54) is 0 Å². The van der Waals surface area contributed by atoms with Gasteiger partial charge >= 0.3 is 0 Å². The summed E-state index contributed by atoms with van der Waals surface area (Å²) >= 11 is 0. The number of nitriles is 1. The number of nitrogens with zero attached hydrogens (tertiary/aromatic N) is 3. The second-order valence-electron chi connectivity index (χ2n) is 7.50. The Kier molecular flexibility index (Phi) is 5.96. The summed E-state index contributed by atoms with van der Waals surface area (Å²) in [4.78, 5) is 12.8. The fourth-order valence-corrected chi connectivity index (χ4v) is 3.35. The Hall–Kier alpha value is -4.43. The van der Waals surface area contributed by atoms with E-state index in [0.717, 1.165) is 22.4 Å². The Balaban J connectivity index is 1.73. The van der Waals surface area contributed by atoms with Crippen molar-refractivity contribution in [2.75, 3.05) is 5.32 Å². The van der Waals surface area contributed by atoms with Gasteiger partial charge in [-0.1, -0.05) is 54.6 Å². The van der Waals surface area contributed by atoms with E-state index < -0.39 is 5.91 Å². The van der Waals surface area contributed by atoms with E-state index in [9.17, 15) is 10.1 Å². The summed E-state index contributed by atoms with van der Waals surface area (Å²) < 4.78 is 1.75. The Morgan fingerprint density at radius 1 is 0.969 bits per heavy atom. The number of para-hydroxylation sites is 1. The van der Waals surface area contributed by atoms with Gasteiger partial charge in [-0.25, -0.2) is 4.68 Å². The number of benzene rings is 3. The van der Waals surface area contributed by atoms with Crippen LogP contribution in [0.15, 0.2) is 90.6 Å². The van der Waals surface area contributed by atoms with Crippen molar-refractivity contribution >= 4 is 17.7 Å². The number of aryl methyl sites for hydroxylation is 2. The van der Waals surface area contributed by atoms with Gasteiger partial charge in [0.15, 0.2) is 0 Å². The minimum Gasteiger partial charge on any atom is -0.321 e. The smallest absolute Gasteiger partial charge is 0.266 e. The average molecular weight is 419 g/mol. The van der Waals surface area contributed by atoms with E-state index in [0.29, 0.717) is 16.9 Å². The van der Waals surface area contributed by atoms with Crippen LogP contribution in [-0.2, 0) is 4.79 Å². The predicted octanol–water partition coefficient (Wildman–Crippen LogP) is 5.70. The highest BCUT2D eigenvalue weighted by atomic mass is 16.1. The van der Waals surface area contributed by atoms with Gasteiger partial charge in [0.2, 0.25) is 0 Å². The molecule has 3 aromatic carbocycles. The Morgan fingerprint density at radius 2 is 1.66 bits per heavy atom. The zero-order valence-corrected chi connectivity index (χ0v) is 17.9. The molecule has 32 heavy (non-hydrogen) atoms. The topological polar surface area (TPSA) is 70.7 Å². The zero-order valence-electron chi connectivity index (χ0n) is 17.9. The molecule has 0 aliphatic rings. The molecule has 1 heterocycles. The summed E-state index contributed by atoms with van der Waals surface area (Å²) in [5, 5.41) is 17.3. The number of nitrogens with one attached hydrogen (secondary N) is 1. The largest absolute Gasteiger partial charge is 0.321 e. The third kappa shape index (κ3) is 4.50. The van der Waals surface area contributed by atoms with E-state index in [2.05, 4.69) is 5.32 Å². The predicted molar refractivity (Wildman–Crippen MR) is 127 cm³/mol. The van der Waals surface area contributed by atoms with E-state index >= 15 is 0 Å². The van der Waals surface area contributed by atoms with Gasteiger partial charge in [0.05, 0.1) is 11.4 Å². The molecule has 1 N–H and O–H groups in total. The zero-order chi connectivity index (χ0) is 22.5. The summed E-state index contributed by atoms with van der Waals surface area (Å²) in [5.74, 6) is -0.456. The molecule has 0 bridgehead atoms. The maximum absolute atomic E-state index is 12.8. The van der Waals surface area contributed by atoms with Gasteiger partial charge in [-0.3, -0.25) is 4.79 Å². The standard InChI is InChI=1S/C27H22N4O/c1-19-13-14-24(15-20(19)2)29-27(32)22(17-28)16-23-18-31(25-11-7-4-8-12-25)30-26(23)21-9-5-3-6-10-21/h3-16,18H,1-2H3,(H,29,32). The first kappa shape index (κ1) is 20.8. The van der Waals surface area contributed by atoms with Gasteiger partial charge in [0, 0.05) is 23.0 Å². The van der Waals surface area contributed by atoms with Gasteiger partial charge in [-0.2, -0.15) is 10.4 Å². The molecule has 0 atom stereocenters. The number of amides is 1. The fraction of sp³-hybridized carbons (Fsp3) is 0.0741. The first-order valence-corrected chi connectivity index (χ1v) is 10.3. The summed E-state index contributed by atoms with van der Waals surface area (Å²) in [6.07, 6.45) is 3.42. The summed E-state index contributed by atoms with van der Waals surface area (Å²) in [7, 11) is 0. The molecular formula is C27H22N4O. The number of carbonyl (C=O) groups is 1. The highest BCUT2D eigenvalue weighted by Crippen LogP contribution is 2.26. The summed E-state index contributed by atoms with van der Waals surface area (Å²) in [6, 6.07) is 27.1. The van der Waals surface area contributed by atoms with Crippen LogP contribution in [0.1, 0.15) is 16.7 Å². The quantitative estimate of drug-likeness (QED) is 0.334. The first-order chi connectivity index (χ1) is 15.5. The molecule has 0 spiro atoms. The van der Waals surface area contributed by atoms with Gasteiger partial charge in [0.1, 0.15) is 11.6 Å². The number of carbonyl (C=O) groups excluding carboxylic acids is 1. The average Bonchev–Trinajstić information content (AvgIpc) is 3.25. The van der Waals surface area contributed by atoms with Crippen molar-refractivity contribution in [2.45, 2.75) is 13.8 Å². The van der Waals surface area contributed by atoms with Crippen LogP contribution in [0.25, 0.3) is 23.0 Å². The fourth-order valence-electron chi connectivity index (χ4n) is 3.35. The Labute approximate surface area is 187 Å². The molecule has 1 aromatic heterocycles. The molecule has 4 rings (SSSR count). The second-order valence-corrected chi connectivity index (χ2v) is 7.50. The van der Waals surface area contributed by atoms with Gasteiger partial charge in [-0.15, -0.1) is 0 Å². The van der Waals surface area contributed by atoms with Crippen molar-refractivity contribution in [1.29, 1.82) is 5.26 Å². The van der Waals surface area contributed by atoms with E-state index in [4.69, 9.17) is 5.10 Å². The summed E-state index contributed by atoms with van der Waals surface area (Å²) in [6.45, 7) is 3.99. The molecule has 1 amide bonds. The molecule has 0 unspecified atom stereocenters. The molecular weight excluding hydrogens is 396 g/mol. The van der Waals surface area contributed by atoms with Crippen LogP contribution in [0.4, 0.5) is 5.69 Å². The van der Waals surface area contributed by atoms with Crippen molar-refractivity contribution in [1.82, 2.24) is 9.78 Å². The molecule has 0 fully saturated rings. The minimum atomic E-state index is -0.456. The second kappa shape index (κ2) is 9.15. The maximum atomic E-state index is 12.8. The van der Waals surface area contributed by atoms with Crippen molar-refractivity contribution in [2.24, 2.45) is 0 Å². The lowest BCUT2D eigenvalue weighted by Gasteiger charge is -2.07. The molecule has 0 saturated heterocycles. The van der Waals surface area contributed by atoms with Crippen LogP contribution >= 0.6 is 0 Å². The molecule has 0 saturated carbocycles. The van der Waals surface area contributed by atoms with Gasteiger partial charge < -0.3 is 5.32 Å². The molecule has 156 valence electrons. The number of aromatic nitrogens is 2. The molecule has 0 aliphatic carbocycles. The van der Waals surface area contributed by atoms with Crippen LogP contribution in [0.2, 0.25) is 0 Å². The number of anilines is 1. The van der Waals surface area contributed by atoms with Crippen molar-refractivity contribution in [3.05, 3.63) is 107 Å². The highest BCUT2D eigenvalue weighted by molar-refractivity contribution is 6.10. The summed E-state index contributed by atoms with van der Waals surface area (Å²) in [5.41, 5.74) is 6.05. The lowest BCUT2D eigenvalue weighted by Crippen LogP contribution is -2.13. The van der Waals surface area contributed by atoms with E-state index in [-0.39, 0.29) is 5.57 Å². The van der Waals surface area contributed by atoms with Crippen LogP contribution in [0.5, 0.6) is 0 Å². The number of rotatable bonds is 5. The lowest BCUT2D eigenvalue weighted by atomic mass is 10.1. The molecule has 5 nitrogen and oxygen atoms in total. The van der Waals surface area contributed by atoms with E-state index in [1.807, 2.05) is 105 Å². The third-order valence-electron chi connectivity index (χ3n) is 5.24. The normalized spacial score (nSPS) is 11.1. The molecule has 4 aromatic rings. The van der Waals surface area contributed by atoms with Crippen LogP contribution in [0.3, 0.4) is 0 Å². The highest BCUT2D eigenvalue weighted by Gasteiger charge is 2.15. The minimum absolute atomic E-state index is 0.00743. The van der Waals surface area contributed by atoms with Crippen LogP contribution in [0, 0.1) is 25.2 Å². The van der Waals surface area contributed by atoms with Crippen LogP contribution < -0.4 is 5.32 Å². The van der Waals surface area contributed by atoms with Crippen molar-refractivity contribution in [3.63, 3.8) is 0 Å². The van der Waals surface area contributed by atoms with Crippen molar-refractivity contribution < 1.29 is 4.79 Å². The van der Waals surface area contributed by atoms with Gasteiger partial charge in [0.25, 0.3) is 5.91 Å². The van der Waals surface area contributed by atoms with Crippen LogP contribution in [-0.4, -0.2) is 15.7 Å². The first-order valence-electron chi connectivity index (χ1n) is 10.3. The van der Waals surface area contributed by atoms with Gasteiger partial charge in [-0.05, 0) is 55.3 Å². The third-order valence-corrected chi connectivity index (χ3v) is 5.24. The van der Waals surface area contributed by atoms with E-state index in [1.54, 1.807) is 10.8 Å². The molecule has 0 radical (unpaired) electrons. The molecule has 0 aliphatic heterocycles. The SMILES string of the molecule is Cc1ccc(NC(=O)C(C#N)=Cc2cn(-c3ccccc3)nc2-c2ccccc2)cc1C. The Bertz CT molecular complexity index is 1330. The number of hydrogen-bond donors (Lipinski definition) is 1. The lowest BCUT2D eigenvalue weighted by molar-refractivity contribution is -0.112. The molecule has 5 heteroatoms. The maximum Gasteiger partial charge on any atom is 0.266 e. The Morgan fingerprint density at radius 3 is 2.31 bits per heavy atom. The monoisotopic (exact) mass is 418 g/mol. The van der Waals surface area contributed by atoms with Crippen molar-refractivity contribution in [3.8, 4) is 23.0 Å².